The van der Waals surface area contributed by atoms with E-state index in [0.717, 1.165) is 6.26 Å². The van der Waals surface area contributed by atoms with Crippen molar-refractivity contribution < 1.29 is 21.6 Å². The number of pyridine rings is 1. The summed E-state index contributed by atoms with van der Waals surface area (Å²) in [5.74, 6) is -0.995. The summed E-state index contributed by atoms with van der Waals surface area (Å²) < 4.78 is 54.4. The molecule has 1 aromatic carbocycles. The van der Waals surface area contributed by atoms with Crippen LogP contribution in [0.2, 0.25) is 0 Å². The van der Waals surface area contributed by atoms with E-state index in [0.29, 0.717) is 5.56 Å². The van der Waals surface area contributed by atoms with E-state index in [1.165, 1.54) is 35.0 Å². The average Bonchev–Trinajstić information content (AvgIpc) is 3.06. The van der Waals surface area contributed by atoms with Gasteiger partial charge in [0.25, 0.3) is 11.4 Å². The molecule has 0 N–H and O–H groups in total. The first kappa shape index (κ1) is 17.9. The molecular weight excluding hydrogens is 368 g/mol. The number of benzene rings is 1. The first-order valence-electron chi connectivity index (χ1n) is 7.35. The highest BCUT2D eigenvalue weighted by molar-refractivity contribution is 7.90. The fraction of sp³-hybridized carbons (Fsp3) is 0.188. The molecule has 0 fully saturated rings. The Morgan fingerprint density at radius 1 is 1.19 bits per heavy atom. The van der Waals surface area contributed by atoms with Gasteiger partial charge in [0, 0.05) is 24.1 Å². The Balaban J connectivity index is 1.88. The van der Waals surface area contributed by atoms with Gasteiger partial charge in [-0.05, 0) is 23.8 Å². The van der Waals surface area contributed by atoms with E-state index in [9.17, 15) is 22.0 Å². The van der Waals surface area contributed by atoms with Crippen molar-refractivity contribution in [1.29, 1.82) is 0 Å². The summed E-state index contributed by atoms with van der Waals surface area (Å²) in [6.07, 6.45) is -0.346. The van der Waals surface area contributed by atoms with Crippen LogP contribution in [-0.4, -0.2) is 29.4 Å². The second-order valence-corrected chi connectivity index (χ2v) is 7.56. The second kappa shape index (κ2) is 6.79. The Labute approximate surface area is 146 Å². The number of hydrogen-bond donors (Lipinski definition) is 0. The zero-order valence-corrected chi connectivity index (χ0v) is 14.3. The molecule has 0 radical (unpaired) electrons. The predicted octanol–water partition coefficient (Wildman–Crippen LogP) is 2.29. The molecule has 10 heteroatoms. The highest BCUT2D eigenvalue weighted by atomic mass is 32.2. The molecule has 0 saturated heterocycles. The van der Waals surface area contributed by atoms with Gasteiger partial charge in [0.1, 0.15) is 0 Å². The van der Waals surface area contributed by atoms with Gasteiger partial charge in [-0.3, -0.25) is 4.79 Å². The summed E-state index contributed by atoms with van der Waals surface area (Å²) in [5.41, 5.74) is 0.417. The minimum absolute atomic E-state index is 0.147. The van der Waals surface area contributed by atoms with Crippen LogP contribution in [0.4, 0.5) is 8.78 Å². The molecule has 2 aromatic heterocycles. The lowest BCUT2D eigenvalue weighted by Gasteiger charge is -2.07. The molecule has 136 valence electrons. The van der Waals surface area contributed by atoms with Crippen molar-refractivity contribution in [3.05, 3.63) is 64.4 Å². The molecule has 0 atom stereocenters. The first-order chi connectivity index (χ1) is 12.2. The summed E-state index contributed by atoms with van der Waals surface area (Å²) in [6.45, 7) is 0.147. The van der Waals surface area contributed by atoms with Crippen molar-refractivity contribution in [2.24, 2.45) is 0 Å². The van der Waals surface area contributed by atoms with Gasteiger partial charge in [0.15, 0.2) is 9.84 Å². The van der Waals surface area contributed by atoms with E-state index in [1.807, 2.05) is 0 Å². The minimum atomic E-state index is -3.35. The standard InChI is InChI=1S/C16H13F2N3O4S/c1-26(23,24)12-4-2-3-10(7-12)9-21-6-5-11(8-13(21)22)15-19-20-16(25-15)14(17)18/h2-8,14H,9H2,1H3. The highest BCUT2D eigenvalue weighted by Gasteiger charge is 2.17. The van der Waals surface area contributed by atoms with Crippen LogP contribution in [0.1, 0.15) is 17.9 Å². The molecule has 3 aromatic rings. The van der Waals surface area contributed by atoms with Gasteiger partial charge in [-0.1, -0.05) is 12.1 Å². The molecule has 7 nitrogen and oxygen atoms in total. The van der Waals surface area contributed by atoms with Crippen LogP contribution in [0.3, 0.4) is 0 Å². The highest BCUT2D eigenvalue weighted by Crippen LogP contribution is 2.22. The molecular formula is C16H13F2N3O4S. The molecule has 0 bridgehead atoms. The number of aromatic nitrogens is 3. The first-order valence-corrected chi connectivity index (χ1v) is 9.24. The van der Waals surface area contributed by atoms with Gasteiger partial charge in [-0.25, -0.2) is 8.42 Å². The lowest BCUT2D eigenvalue weighted by Crippen LogP contribution is -2.19. The largest absolute Gasteiger partial charge is 0.415 e. The summed E-state index contributed by atoms with van der Waals surface area (Å²) >= 11 is 0. The topological polar surface area (TPSA) is 95.1 Å². The van der Waals surface area contributed by atoms with Crippen LogP contribution in [-0.2, 0) is 16.4 Å². The van der Waals surface area contributed by atoms with Gasteiger partial charge in [0.2, 0.25) is 5.89 Å². The molecule has 0 aliphatic carbocycles. The van der Waals surface area contributed by atoms with E-state index in [2.05, 4.69) is 10.2 Å². The molecule has 0 aliphatic rings. The van der Waals surface area contributed by atoms with Crippen molar-refractivity contribution in [1.82, 2.24) is 14.8 Å². The predicted molar refractivity (Wildman–Crippen MR) is 87.6 cm³/mol. The minimum Gasteiger partial charge on any atom is -0.415 e. The quantitative estimate of drug-likeness (QED) is 0.673. The normalized spacial score (nSPS) is 11.8. The number of alkyl halides is 2. The van der Waals surface area contributed by atoms with E-state index >= 15 is 0 Å². The van der Waals surface area contributed by atoms with E-state index in [-0.39, 0.29) is 22.9 Å². The zero-order valence-electron chi connectivity index (χ0n) is 13.5. The molecule has 0 spiro atoms. The average molecular weight is 381 g/mol. The Morgan fingerprint density at radius 2 is 1.96 bits per heavy atom. The summed E-state index contributed by atoms with van der Waals surface area (Å²) in [6, 6.07) is 8.91. The van der Waals surface area contributed by atoms with Gasteiger partial charge in [0.05, 0.1) is 11.4 Å². The van der Waals surface area contributed by atoms with Crippen molar-refractivity contribution >= 4 is 9.84 Å². The van der Waals surface area contributed by atoms with Crippen molar-refractivity contribution in [3.63, 3.8) is 0 Å². The molecule has 26 heavy (non-hydrogen) atoms. The van der Waals surface area contributed by atoms with Crippen LogP contribution in [0.15, 0.2) is 56.7 Å². The molecule has 0 unspecified atom stereocenters. The zero-order chi connectivity index (χ0) is 18.9. The third kappa shape index (κ3) is 3.85. The van der Waals surface area contributed by atoms with E-state index in [4.69, 9.17) is 4.42 Å². The smallest absolute Gasteiger partial charge is 0.314 e. The SMILES string of the molecule is CS(=O)(=O)c1cccc(Cn2ccc(-c3nnc(C(F)F)o3)cc2=O)c1. The van der Waals surface area contributed by atoms with Gasteiger partial charge < -0.3 is 8.98 Å². The van der Waals surface area contributed by atoms with Crippen LogP contribution in [0.5, 0.6) is 0 Å². The molecule has 2 heterocycles. The number of rotatable bonds is 5. The maximum Gasteiger partial charge on any atom is 0.314 e. The fourth-order valence-electron chi connectivity index (χ4n) is 2.28. The third-order valence-corrected chi connectivity index (χ3v) is 4.66. The molecule has 3 rings (SSSR count). The maximum absolute atomic E-state index is 12.5. The van der Waals surface area contributed by atoms with Crippen molar-refractivity contribution in [2.45, 2.75) is 17.9 Å². The Bertz CT molecular complexity index is 1110. The van der Waals surface area contributed by atoms with Gasteiger partial charge in [-0.2, -0.15) is 8.78 Å². The maximum atomic E-state index is 12.5. The van der Waals surface area contributed by atoms with Crippen LogP contribution >= 0.6 is 0 Å². The Morgan fingerprint density at radius 3 is 2.58 bits per heavy atom. The Hall–Kier alpha value is -2.88. The third-order valence-electron chi connectivity index (χ3n) is 3.55. The number of halogens is 2. The molecule has 0 amide bonds. The van der Waals surface area contributed by atoms with Gasteiger partial charge in [-0.15, -0.1) is 10.2 Å². The second-order valence-electron chi connectivity index (χ2n) is 5.55. The van der Waals surface area contributed by atoms with Crippen molar-refractivity contribution in [2.75, 3.05) is 6.26 Å². The van der Waals surface area contributed by atoms with Crippen molar-refractivity contribution in [3.8, 4) is 11.5 Å². The van der Waals surface area contributed by atoms with Crippen LogP contribution < -0.4 is 5.56 Å². The van der Waals surface area contributed by atoms with Gasteiger partial charge >= 0.3 is 6.43 Å². The van der Waals surface area contributed by atoms with Crippen LogP contribution in [0, 0.1) is 0 Å². The number of hydrogen-bond acceptors (Lipinski definition) is 6. The monoisotopic (exact) mass is 381 g/mol. The lowest BCUT2D eigenvalue weighted by atomic mass is 10.2. The summed E-state index contributed by atoms with van der Waals surface area (Å²) in [4.78, 5) is 12.4. The summed E-state index contributed by atoms with van der Waals surface area (Å²) in [7, 11) is -3.35. The van der Waals surface area contributed by atoms with E-state index in [1.54, 1.807) is 12.1 Å². The Kier molecular flexibility index (Phi) is 4.68. The number of sulfone groups is 1. The molecule has 0 aliphatic heterocycles. The van der Waals surface area contributed by atoms with Crippen LogP contribution in [0.25, 0.3) is 11.5 Å². The number of nitrogens with zero attached hydrogens (tertiary/aromatic N) is 3. The van der Waals surface area contributed by atoms with E-state index < -0.39 is 27.7 Å². The lowest BCUT2D eigenvalue weighted by molar-refractivity contribution is 0.116. The summed E-state index contributed by atoms with van der Waals surface area (Å²) in [5, 5.41) is 6.70. The molecule has 0 saturated carbocycles. The fourth-order valence-corrected chi connectivity index (χ4v) is 2.97.